The lowest BCUT2D eigenvalue weighted by molar-refractivity contribution is 0.707. The van der Waals surface area contributed by atoms with E-state index in [2.05, 4.69) is 28.4 Å². The molecular weight excluding hydrogens is 292 g/mol. The molecule has 20 heavy (non-hydrogen) atoms. The molecule has 6 heteroatoms. The van der Waals surface area contributed by atoms with E-state index in [0.717, 1.165) is 34.0 Å². The van der Waals surface area contributed by atoms with Crippen LogP contribution in [0.5, 0.6) is 0 Å². The lowest BCUT2D eigenvalue weighted by Gasteiger charge is -2.07. The molecule has 0 aliphatic rings. The predicted octanol–water partition coefficient (Wildman–Crippen LogP) is 3.86. The average molecular weight is 307 g/mol. The van der Waals surface area contributed by atoms with Gasteiger partial charge in [0.2, 0.25) is 0 Å². The number of hydrogen-bond donors (Lipinski definition) is 1. The standard InChI is InChI=1S/C14H15ClN4S/c1-3-10-14(15)12(19(2)18-10)7-16-9-4-5-11-13(6-9)20-8-17-11/h4-6,8,16H,3,7H2,1-2H3. The number of nitrogens with one attached hydrogen (secondary N) is 1. The summed E-state index contributed by atoms with van der Waals surface area (Å²) in [6.45, 7) is 2.72. The highest BCUT2D eigenvalue weighted by atomic mass is 35.5. The highest BCUT2D eigenvalue weighted by Gasteiger charge is 2.12. The van der Waals surface area contributed by atoms with E-state index in [1.807, 2.05) is 29.4 Å². The van der Waals surface area contributed by atoms with Crippen LogP contribution in [0, 0.1) is 0 Å². The number of fused-ring (bicyclic) bond motifs is 1. The van der Waals surface area contributed by atoms with Crippen LogP contribution in [0.4, 0.5) is 5.69 Å². The van der Waals surface area contributed by atoms with Crippen molar-refractivity contribution in [1.82, 2.24) is 14.8 Å². The van der Waals surface area contributed by atoms with Crippen molar-refractivity contribution >= 4 is 38.8 Å². The van der Waals surface area contributed by atoms with Crippen LogP contribution in [0.1, 0.15) is 18.3 Å². The van der Waals surface area contributed by atoms with Gasteiger partial charge in [-0.15, -0.1) is 11.3 Å². The summed E-state index contributed by atoms with van der Waals surface area (Å²) in [6.07, 6.45) is 0.847. The second kappa shape index (κ2) is 5.42. The van der Waals surface area contributed by atoms with E-state index in [1.54, 1.807) is 11.3 Å². The first-order valence-corrected chi connectivity index (χ1v) is 7.72. The third kappa shape index (κ3) is 2.39. The maximum atomic E-state index is 6.34. The normalized spacial score (nSPS) is 11.2. The maximum absolute atomic E-state index is 6.34. The topological polar surface area (TPSA) is 42.7 Å². The molecule has 0 aliphatic heterocycles. The van der Waals surface area contributed by atoms with Crippen molar-refractivity contribution < 1.29 is 0 Å². The van der Waals surface area contributed by atoms with Crippen molar-refractivity contribution in [1.29, 1.82) is 0 Å². The zero-order valence-electron chi connectivity index (χ0n) is 11.4. The highest BCUT2D eigenvalue weighted by Crippen LogP contribution is 2.24. The summed E-state index contributed by atoms with van der Waals surface area (Å²) >= 11 is 7.98. The molecule has 0 atom stereocenters. The molecule has 3 aromatic rings. The SMILES string of the molecule is CCc1nn(C)c(CNc2ccc3ncsc3c2)c1Cl. The van der Waals surface area contributed by atoms with Gasteiger partial charge in [-0.3, -0.25) is 4.68 Å². The Morgan fingerprint density at radius 1 is 1.40 bits per heavy atom. The number of halogens is 1. The Balaban J connectivity index is 1.80. The number of hydrogen-bond acceptors (Lipinski definition) is 4. The number of nitrogens with zero attached hydrogens (tertiary/aromatic N) is 3. The largest absolute Gasteiger partial charge is 0.379 e. The van der Waals surface area contributed by atoms with Crippen molar-refractivity contribution in [3.63, 3.8) is 0 Å². The van der Waals surface area contributed by atoms with Gasteiger partial charge in [0.25, 0.3) is 0 Å². The first-order valence-electron chi connectivity index (χ1n) is 6.46. The summed E-state index contributed by atoms with van der Waals surface area (Å²) in [5.41, 5.74) is 5.92. The lowest BCUT2D eigenvalue weighted by Crippen LogP contribution is -2.05. The number of aromatic nitrogens is 3. The van der Waals surface area contributed by atoms with E-state index < -0.39 is 0 Å². The number of rotatable bonds is 4. The van der Waals surface area contributed by atoms with Crippen LogP contribution in [0.2, 0.25) is 5.02 Å². The van der Waals surface area contributed by atoms with Gasteiger partial charge in [-0.25, -0.2) is 4.98 Å². The Morgan fingerprint density at radius 2 is 2.25 bits per heavy atom. The molecule has 0 spiro atoms. The molecule has 0 unspecified atom stereocenters. The van der Waals surface area contributed by atoms with Crippen LogP contribution in [0.3, 0.4) is 0 Å². The van der Waals surface area contributed by atoms with E-state index in [1.165, 1.54) is 4.70 Å². The summed E-state index contributed by atoms with van der Waals surface area (Å²) in [4.78, 5) is 4.28. The first kappa shape index (κ1) is 13.4. The Morgan fingerprint density at radius 3 is 3.00 bits per heavy atom. The van der Waals surface area contributed by atoms with Gasteiger partial charge in [-0.05, 0) is 24.6 Å². The van der Waals surface area contributed by atoms with Crippen LogP contribution < -0.4 is 5.32 Å². The second-order valence-electron chi connectivity index (χ2n) is 4.57. The zero-order valence-corrected chi connectivity index (χ0v) is 12.9. The Bertz CT molecular complexity index is 747. The summed E-state index contributed by atoms with van der Waals surface area (Å²) in [5.74, 6) is 0. The van der Waals surface area contributed by atoms with Crippen molar-refractivity contribution in [2.75, 3.05) is 5.32 Å². The molecule has 1 N–H and O–H groups in total. The van der Waals surface area contributed by atoms with E-state index in [4.69, 9.17) is 11.6 Å². The Hall–Kier alpha value is -1.59. The lowest BCUT2D eigenvalue weighted by atomic mass is 10.2. The van der Waals surface area contributed by atoms with Gasteiger partial charge in [-0.2, -0.15) is 5.10 Å². The van der Waals surface area contributed by atoms with Crippen molar-refractivity contribution in [2.45, 2.75) is 19.9 Å². The molecule has 2 heterocycles. The molecule has 0 saturated heterocycles. The van der Waals surface area contributed by atoms with Crippen LogP contribution in [0.15, 0.2) is 23.7 Å². The third-order valence-electron chi connectivity index (χ3n) is 3.29. The summed E-state index contributed by atoms with van der Waals surface area (Å²) in [7, 11) is 1.93. The van der Waals surface area contributed by atoms with E-state index >= 15 is 0 Å². The fourth-order valence-electron chi connectivity index (χ4n) is 2.16. The van der Waals surface area contributed by atoms with Gasteiger partial charge in [0, 0.05) is 12.7 Å². The number of aryl methyl sites for hydroxylation is 2. The quantitative estimate of drug-likeness (QED) is 0.796. The van der Waals surface area contributed by atoms with Crippen LogP contribution >= 0.6 is 22.9 Å². The van der Waals surface area contributed by atoms with Gasteiger partial charge in [0.05, 0.1) is 38.7 Å². The number of anilines is 1. The summed E-state index contributed by atoms with van der Waals surface area (Å²) in [6, 6.07) is 6.17. The Kier molecular flexibility index (Phi) is 3.63. The molecule has 2 aromatic heterocycles. The van der Waals surface area contributed by atoms with E-state index in [9.17, 15) is 0 Å². The molecule has 104 valence electrons. The molecule has 0 fully saturated rings. The number of thiazole rings is 1. The molecule has 0 aliphatic carbocycles. The predicted molar refractivity (Wildman–Crippen MR) is 84.5 cm³/mol. The fourth-order valence-corrected chi connectivity index (χ4v) is 3.24. The molecule has 4 nitrogen and oxygen atoms in total. The van der Waals surface area contributed by atoms with E-state index in [-0.39, 0.29) is 0 Å². The van der Waals surface area contributed by atoms with Crippen molar-refractivity contribution in [3.8, 4) is 0 Å². The molecule has 3 rings (SSSR count). The van der Waals surface area contributed by atoms with Gasteiger partial charge in [-0.1, -0.05) is 18.5 Å². The smallest absolute Gasteiger partial charge is 0.0868 e. The van der Waals surface area contributed by atoms with Gasteiger partial charge in [0.15, 0.2) is 0 Å². The Labute approximate surface area is 126 Å². The molecular formula is C14H15ClN4S. The molecule has 0 amide bonds. The molecule has 1 aromatic carbocycles. The van der Waals surface area contributed by atoms with Crippen molar-refractivity contribution in [2.24, 2.45) is 7.05 Å². The zero-order chi connectivity index (χ0) is 14.1. The minimum Gasteiger partial charge on any atom is -0.379 e. The van der Waals surface area contributed by atoms with Gasteiger partial charge < -0.3 is 5.32 Å². The summed E-state index contributed by atoms with van der Waals surface area (Å²) in [5, 5.41) is 8.58. The second-order valence-corrected chi connectivity index (χ2v) is 5.84. The highest BCUT2D eigenvalue weighted by molar-refractivity contribution is 7.16. The van der Waals surface area contributed by atoms with Crippen LogP contribution in [-0.4, -0.2) is 14.8 Å². The average Bonchev–Trinajstić information content (AvgIpc) is 3.01. The minimum absolute atomic E-state index is 0.659. The third-order valence-corrected chi connectivity index (χ3v) is 4.52. The molecule has 0 saturated carbocycles. The minimum atomic E-state index is 0.659. The fraction of sp³-hybridized carbons (Fsp3) is 0.286. The van der Waals surface area contributed by atoms with Gasteiger partial charge in [0.1, 0.15) is 0 Å². The first-order chi connectivity index (χ1) is 9.69. The van der Waals surface area contributed by atoms with Crippen LogP contribution in [-0.2, 0) is 20.0 Å². The van der Waals surface area contributed by atoms with Gasteiger partial charge >= 0.3 is 0 Å². The molecule has 0 bridgehead atoms. The summed E-state index contributed by atoms with van der Waals surface area (Å²) < 4.78 is 3.03. The van der Waals surface area contributed by atoms with E-state index in [0.29, 0.717) is 6.54 Å². The number of benzene rings is 1. The molecule has 0 radical (unpaired) electrons. The van der Waals surface area contributed by atoms with Crippen molar-refractivity contribution in [3.05, 3.63) is 40.1 Å². The van der Waals surface area contributed by atoms with Crippen LogP contribution in [0.25, 0.3) is 10.2 Å². The monoisotopic (exact) mass is 306 g/mol. The maximum Gasteiger partial charge on any atom is 0.0868 e.